The van der Waals surface area contributed by atoms with Crippen LogP contribution in [0.5, 0.6) is 0 Å². The van der Waals surface area contributed by atoms with E-state index in [1.165, 1.54) is 6.26 Å². The van der Waals surface area contributed by atoms with Crippen molar-refractivity contribution in [1.29, 1.82) is 0 Å². The second-order valence-corrected chi connectivity index (χ2v) is 8.76. The molecular formula is C13H25NO4S. The third-order valence-corrected chi connectivity index (χ3v) is 5.10. The molecule has 112 valence electrons. The molecular weight excluding hydrogens is 266 g/mol. The Hall–Kier alpha value is -0.620. The lowest BCUT2D eigenvalue weighted by Crippen LogP contribution is -2.45. The number of carbonyl (C=O) groups is 1. The van der Waals surface area contributed by atoms with Crippen LogP contribution in [-0.2, 0) is 19.4 Å². The molecule has 0 aromatic carbocycles. The van der Waals surface area contributed by atoms with Gasteiger partial charge in [-0.2, -0.15) is 0 Å². The van der Waals surface area contributed by atoms with Crippen LogP contribution in [0.4, 0.5) is 0 Å². The Morgan fingerprint density at radius 3 is 2.37 bits per heavy atom. The molecule has 0 saturated heterocycles. The van der Waals surface area contributed by atoms with Crippen LogP contribution >= 0.6 is 0 Å². The zero-order chi connectivity index (χ0) is 14.8. The minimum absolute atomic E-state index is 0.108. The molecule has 0 radical (unpaired) electrons. The van der Waals surface area contributed by atoms with Crippen LogP contribution in [0, 0.1) is 5.92 Å². The van der Waals surface area contributed by atoms with Gasteiger partial charge in [-0.15, -0.1) is 0 Å². The highest BCUT2D eigenvalue weighted by Gasteiger charge is 2.36. The summed E-state index contributed by atoms with van der Waals surface area (Å²) in [5, 5.41) is -0.375. The molecule has 0 aliphatic heterocycles. The van der Waals surface area contributed by atoms with Gasteiger partial charge in [0.1, 0.15) is 21.5 Å². The van der Waals surface area contributed by atoms with Crippen molar-refractivity contribution in [2.24, 2.45) is 11.7 Å². The van der Waals surface area contributed by atoms with Crippen LogP contribution in [0.2, 0.25) is 0 Å². The molecule has 6 heteroatoms. The van der Waals surface area contributed by atoms with Crippen molar-refractivity contribution in [3.8, 4) is 0 Å². The predicted molar refractivity (Wildman–Crippen MR) is 74.4 cm³/mol. The van der Waals surface area contributed by atoms with Gasteiger partial charge < -0.3 is 10.5 Å². The Labute approximate surface area is 115 Å². The van der Waals surface area contributed by atoms with E-state index in [-0.39, 0.29) is 11.2 Å². The zero-order valence-corrected chi connectivity index (χ0v) is 13.0. The third kappa shape index (κ3) is 5.10. The molecule has 0 spiro atoms. The summed E-state index contributed by atoms with van der Waals surface area (Å²) in [5.74, 6) is -0.546. The van der Waals surface area contributed by atoms with Crippen LogP contribution in [-0.4, -0.2) is 37.5 Å². The Morgan fingerprint density at radius 1 is 1.32 bits per heavy atom. The maximum atomic E-state index is 11.9. The van der Waals surface area contributed by atoms with E-state index in [1.807, 2.05) is 0 Å². The van der Waals surface area contributed by atoms with Crippen LogP contribution in [0.15, 0.2) is 0 Å². The number of esters is 1. The average molecular weight is 291 g/mol. The lowest BCUT2D eigenvalue weighted by molar-refractivity contribution is -0.158. The van der Waals surface area contributed by atoms with Crippen molar-refractivity contribution in [2.75, 3.05) is 6.26 Å². The van der Waals surface area contributed by atoms with Crippen molar-refractivity contribution in [3.05, 3.63) is 0 Å². The monoisotopic (exact) mass is 291 g/mol. The summed E-state index contributed by atoms with van der Waals surface area (Å²) in [7, 11) is -3.06. The van der Waals surface area contributed by atoms with E-state index in [0.717, 1.165) is 12.8 Å². The lowest BCUT2D eigenvalue weighted by Gasteiger charge is -2.32. The van der Waals surface area contributed by atoms with E-state index in [4.69, 9.17) is 10.5 Å². The van der Waals surface area contributed by atoms with Gasteiger partial charge in [0.15, 0.2) is 0 Å². The highest BCUT2D eigenvalue weighted by molar-refractivity contribution is 7.91. The van der Waals surface area contributed by atoms with E-state index >= 15 is 0 Å². The summed E-state index contributed by atoms with van der Waals surface area (Å²) >= 11 is 0. The van der Waals surface area contributed by atoms with Crippen LogP contribution < -0.4 is 5.73 Å². The molecule has 1 saturated carbocycles. The zero-order valence-electron chi connectivity index (χ0n) is 12.2. The van der Waals surface area contributed by atoms with Crippen molar-refractivity contribution in [1.82, 2.24) is 0 Å². The molecule has 1 fully saturated rings. The molecule has 5 nitrogen and oxygen atoms in total. The van der Waals surface area contributed by atoms with Gasteiger partial charge in [0.05, 0.1) is 5.25 Å². The Kier molecular flexibility index (Phi) is 5.01. The first kappa shape index (κ1) is 16.4. The van der Waals surface area contributed by atoms with E-state index in [1.54, 1.807) is 20.8 Å². The molecule has 3 atom stereocenters. The van der Waals surface area contributed by atoms with Crippen molar-refractivity contribution in [3.63, 3.8) is 0 Å². The summed E-state index contributed by atoms with van der Waals surface area (Å²) < 4.78 is 28.5. The molecule has 0 aromatic heterocycles. The molecule has 1 aliphatic carbocycles. The SMILES string of the molecule is CC(C)(C)OC(=O)C(N)C1CCCC(S(C)(=O)=O)C1. The van der Waals surface area contributed by atoms with Gasteiger partial charge in [-0.25, -0.2) is 8.42 Å². The van der Waals surface area contributed by atoms with Gasteiger partial charge in [0, 0.05) is 6.26 Å². The van der Waals surface area contributed by atoms with Crippen LogP contribution in [0.1, 0.15) is 46.5 Å². The van der Waals surface area contributed by atoms with E-state index in [2.05, 4.69) is 0 Å². The number of nitrogens with two attached hydrogens (primary N) is 1. The number of rotatable bonds is 3. The molecule has 19 heavy (non-hydrogen) atoms. The van der Waals surface area contributed by atoms with Crippen LogP contribution in [0.25, 0.3) is 0 Å². The first-order chi connectivity index (χ1) is 8.50. The molecule has 0 bridgehead atoms. The molecule has 2 N–H and O–H groups in total. The number of ether oxygens (including phenoxy) is 1. The van der Waals surface area contributed by atoms with E-state index in [0.29, 0.717) is 12.8 Å². The molecule has 3 unspecified atom stereocenters. The average Bonchev–Trinajstić information content (AvgIpc) is 2.24. The topological polar surface area (TPSA) is 86.5 Å². The number of hydrogen-bond acceptors (Lipinski definition) is 5. The second kappa shape index (κ2) is 5.79. The van der Waals surface area contributed by atoms with Crippen molar-refractivity contribution >= 4 is 15.8 Å². The van der Waals surface area contributed by atoms with E-state index in [9.17, 15) is 13.2 Å². The summed E-state index contributed by atoms with van der Waals surface area (Å²) in [6.07, 6.45) is 3.94. The van der Waals surface area contributed by atoms with Gasteiger partial charge in [-0.05, 0) is 46.0 Å². The normalized spacial score (nSPS) is 26.8. The predicted octanol–water partition coefficient (Wildman–Crippen LogP) is 1.26. The molecule has 0 aromatic rings. The first-order valence-corrected chi connectivity index (χ1v) is 8.63. The van der Waals surface area contributed by atoms with Crippen LogP contribution in [0.3, 0.4) is 0 Å². The van der Waals surface area contributed by atoms with Crippen molar-refractivity contribution < 1.29 is 17.9 Å². The number of hydrogen-bond donors (Lipinski definition) is 1. The molecule has 0 heterocycles. The fourth-order valence-electron chi connectivity index (χ4n) is 2.46. The van der Waals surface area contributed by atoms with Gasteiger partial charge in [-0.1, -0.05) is 6.42 Å². The molecule has 0 amide bonds. The quantitative estimate of drug-likeness (QED) is 0.791. The summed E-state index contributed by atoms with van der Waals surface area (Å²) in [4.78, 5) is 11.9. The Balaban J connectivity index is 2.67. The van der Waals surface area contributed by atoms with Gasteiger partial charge in [0.25, 0.3) is 0 Å². The highest BCUT2D eigenvalue weighted by atomic mass is 32.2. The van der Waals surface area contributed by atoms with Gasteiger partial charge in [-0.3, -0.25) is 4.79 Å². The lowest BCUT2D eigenvalue weighted by atomic mass is 9.84. The summed E-state index contributed by atoms with van der Waals surface area (Å²) in [6.45, 7) is 5.37. The fraction of sp³-hybridized carbons (Fsp3) is 0.923. The maximum Gasteiger partial charge on any atom is 0.323 e. The van der Waals surface area contributed by atoms with E-state index < -0.39 is 27.4 Å². The maximum absolute atomic E-state index is 11.9. The minimum atomic E-state index is -3.06. The molecule has 1 aliphatic rings. The Morgan fingerprint density at radius 2 is 1.89 bits per heavy atom. The van der Waals surface area contributed by atoms with Gasteiger partial charge in [0.2, 0.25) is 0 Å². The first-order valence-electron chi connectivity index (χ1n) is 6.68. The summed E-state index contributed by atoms with van der Waals surface area (Å²) in [6, 6.07) is -0.733. The Bertz CT molecular complexity index is 424. The second-order valence-electron chi connectivity index (χ2n) is 6.44. The van der Waals surface area contributed by atoms with Gasteiger partial charge >= 0.3 is 5.97 Å². The minimum Gasteiger partial charge on any atom is -0.459 e. The fourth-order valence-corrected chi connectivity index (χ4v) is 3.65. The standard InChI is InChI=1S/C13H25NO4S/c1-13(2,3)18-12(15)11(14)9-6-5-7-10(8-9)19(4,16)17/h9-11H,5-8,14H2,1-4H3. The largest absolute Gasteiger partial charge is 0.459 e. The highest BCUT2D eigenvalue weighted by Crippen LogP contribution is 2.30. The smallest absolute Gasteiger partial charge is 0.323 e. The number of sulfone groups is 1. The number of carbonyl (C=O) groups excluding carboxylic acids is 1. The summed E-state index contributed by atoms with van der Waals surface area (Å²) in [5.41, 5.74) is 5.37. The van der Waals surface area contributed by atoms with Crippen molar-refractivity contribution in [2.45, 2.75) is 63.3 Å². The third-order valence-electron chi connectivity index (χ3n) is 3.46. The molecule has 1 rings (SSSR count).